The predicted molar refractivity (Wildman–Crippen MR) is 147 cm³/mol. The van der Waals surface area contributed by atoms with Gasteiger partial charge in [-0.25, -0.2) is 4.79 Å². The Morgan fingerprint density at radius 2 is 1.63 bits per heavy atom. The number of carbonyl (C=O) groups excluding carboxylic acids is 2. The summed E-state index contributed by atoms with van der Waals surface area (Å²) in [7, 11) is 2.97. The molecule has 5 N–H and O–H groups in total. The van der Waals surface area contributed by atoms with Crippen LogP contribution < -0.4 is 22.1 Å². The molecule has 0 radical (unpaired) electrons. The average molecular weight is 556 g/mol. The number of aromatic nitrogens is 2. The molecule has 1 aromatic heterocycles. The lowest BCUT2D eigenvalue weighted by Gasteiger charge is -2.18. The van der Waals surface area contributed by atoms with E-state index >= 15 is 0 Å². The lowest BCUT2D eigenvalue weighted by atomic mass is 10.2. The Bertz CT molecular complexity index is 1350. The van der Waals surface area contributed by atoms with Gasteiger partial charge < -0.3 is 26.2 Å². The molecule has 38 heavy (non-hydrogen) atoms. The van der Waals surface area contributed by atoms with Crippen LogP contribution in [0.15, 0.2) is 75.4 Å². The fourth-order valence-corrected chi connectivity index (χ4v) is 6.27. The highest BCUT2D eigenvalue weighted by Gasteiger charge is 2.26. The third kappa shape index (κ3) is 6.95. The van der Waals surface area contributed by atoms with Crippen LogP contribution in [0, 0.1) is 0 Å². The van der Waals surface area contributed by atoms with Gasteiger partial charge in [0.2, 0.25) is 0 Å². The Kier molecular flexibility index (Phi) is 9.45. The van der Waals surface area contributed by atoms with Crippen molar-refractivity contribution < 1.29 is 19.4 Å². The first kappa shape index (κ1) is 27.7. The molecular formula is C26H29N5O5S2. The molecule has 0 saturated carbocycles. The quantitative estimate of drug-likeness (QED) is 0.350. The molecule has 1 unspecified atom stereocenters. The highest BCUT2D eigenvalue weighted by atomic mass is 33.1. The molecule has 2 aliphatic heterocycles. The number of nitrogen functional groups attached to an aromatic ring is 1. The van der Waals surface area contributed by atoms with E-state index in [9.17, 15) is 14.4 Å². The van der Waals surface area contributed by atoms with Crippen LogP contribution in [0.2, 0.25) is 0 Å². The summed E-state index contributed by atoms with van der Waals surface area (Å²) in [6, 6.07) is 16.4. The minimum Gasteiger partial charge on any atom is -0.394 e. The summed E-state index contributed by atoms with van der Waals surface area (Å²) in [6.07, 6.45) is 2.51. The zero-order valence-corrected chi connectivity index (χ0v) is 22.3. The van der Waals surface area contributed by atoms with Crippen molar-refractivity contribution in [1.82, 2.24) is 20.2 Å². The topological polar surface area (TPSA) is 149 Å². The van der Waals surface area contributed by atoms with Crippen LogP contribution in [-0.2, 0) is 4.74 Å². The molecule has 5 rings (SSSR count). The molecule has 2 aliphatic rings. The van der Waals surface area contributed by atoms with E-state index in [1.54, 1.807) is 12.3 Å². The average Bonchev–Trinajstić information content (AvgIpc) is 3.40. The molecule has 10 nitrogen and oxygen atoms in total. The Morgan fingerprint density at radius 1 is 1.00 bits per heavy atom. The van der Waals surface area contributed by atoms with E-state index in [0.29, 0.717) is 24.1 Å². The Balaban J connectivity index is 0.000000194. The van der Waals surface area contributed by atoms with Crippen molar-refractivity contribution in [3.05, 3.63) is 82.4 Å². The summed E-state index contributed by atoms with van der Waals surface area (Å²) in [4.78, 5) is 41.6. The number of benzene rings is 2. The second-order valence-corrected chi connectivity index (χ2v) is 11.0. The fourth-order valence-electron chi connectivity index (χ4n) is 3.91. The number of nitrogens with zero attached hydrogens (tertiary/aromatic N) is 2. The van der Waals surface area contributed by atoms with E-state index in [2.05, 4.69) is 15.6 Å². The van der Waals surface area contributed by atoms with E-state index in [4.69, 9.17) is 15.6 Å². The maximum Gasteiger partial charge on any atom is 0.351 e. The molecule has 12 heteroatoms. The number of rotatable bonds is 2. The van der Waals surface area contributed by atoms with Gasteiger partial charge in [0.25, 0.3) is 11.8 Å². The third-order valence-electron chi connectivity index (χ3n) is 5.88. The van der Waals surface area contributed by atoms with Crippen molar-refractivity contribution in [1.29, 1.82) is 0 Å². The minimum atomic E-state index is -0.418. The largest absolute Gasteiger partial charge is 0.394 e. The van der Waals surface area contributed by atoms with Gasteiger partial charge in [-0.2, -0.15) is 4.98 Å². The van der Waals surface area contributed by atoms with Gasteiger partial charge in [-0.15, -0.1) is 0 Å². The standard InChI is InChI=1S/C17H16N2O2S2.C9H13N3O3/c1-11-10-18-16(20)12-6-2-4-8-14(12)22-23-15-9-5-3-7-13(15)17(21)19-11;10-7-3-4-12(9(14)11-7)8-2-1-6(5-13)15-8/h2-9,11H,10H2,1H3,(H,18,20)(H,19,21);3-4,6,8,13H,1-2,5H2,(H2,10,11,14)/t;6-,8+/m.0/s1. The molecule has 0 aliphatic carbocycles. The Labute approximate surface area is 227 Å². The summed E-state index contributed by atoms with van der Waals surface area (Å²) < 4.78 is 6.84. The number of carbonyl (C=O) groups is 2. The molecule has 1 saturated heterocycles. The van der Waals surface area contributed by atoms with Crippen molar-refractivity contribution in [2.24, 2.45) is 0 Å². The molecule has 0 bridgehead atoms. The van der Waals surface area contributed by atoms with Gasteiger partial charge in [-0.3, -0.25) is 14.2 Å². The summed E-state index contributed by atoms with van der Waals surface area (Å²) in [5.41, 5.74) is 6.26. The monoisotopic (exact) mass is 555 g/mol. The fraction of sp³-hybridized carbons (Fsp3) is 0.308. The van der Waals surface area contributed by atoms with Gasteiger partial charge >= 0.3 is 5.69 Å². The number of hydrogen-bond donors (Lipinski definition) is 4. The van der Waals surface area contributed by atoms with Crippen molar-refractivity contribution in [3.63, 3.8) is 0 Å². The normalized spacial score (nSPS) is 21.4. The van der Waals surface area contributed by atoms with Crippen molar-refractivity contribution >= 4 is 39.2 Å². The maximum absolute atomic E-state index is 12.4. The van der Waals surface area contributed by atoms with Crippen LogP contribution in [0.1, 0.15) is 46.7 Å². The smallest absolute Gasteiger partial charge is 0.351 e. The Hall–Kier alpha value is -3.32. The lowest BCUT2D eigenvalue weighted by molar-refractivity contribution is -0.0245. The van der Waals surface area contributed by atoms with Gasteiger partial charge in [0, 0.05) is 28.6 Å². The second kappa shape index (κ2) is 13.0. The first-order chi connectivity index (χ1) is 18.4. The van der Waals surface area contributed by atoms with E-state index < -0.39 is 5.69 Å². The van der Waals surface area contributed by atoms with Crippen LogP contribution in [0.3, 0.4) is 0 Å². The van der Waals surface area contributed by atoms with Gasteiger partial charge in [-0.1, -0.05) is 45.9 Å². The number of ether oxygens (including phenoxy) is 1. The van der Waals surface area contributed by atoms with Gasteiger partial charge in [0.15, 0.2) is 0 Å². The lowest BCUT2D eigenvalue weighted by Crippen LogP contribution is -2.42. The number of anilines is 1. The van der Waals surface area contributed by atoms with Crippen LogP contribution in [0.4, 0.5) is 5.82 Å². The number of aliphatic hydroxyl groups excluding tert-OH is 1. The number of fused-ring (bicyclic) bond motifs is 2. The van der Waals surface area contributed by atoms with Crippen LogP contribution >= 0.6 is 21.6 Å². The van der Waals surface area contributed by atoms with Crippen molar-refractivity contribution in [3.8, 4) is 0 Å². The van der Waals surface area contributed by atoms with Gasteiger partial charge in [-0.05, 0) is 50.1 Å². The first-order valence-corrected chi connectivity index (χ1v) is 14.2. The van der Waals surface area contributed by atoms with E-state index in [-0.39, 0.29) is 42.6 Å². The second-order valence-electron chi connectivity index (χ2n) is 8.76. The SMILES string of the molecule is CC1CNC(=O)c2ccccc2SSc2ccccc2C(=O)N1.Nc1ccn([C@H]2CC[C@@H](CO)O2)c(=O)n1. The molecule has 2 amide bonds. The highest BCUT2D eigenvalue weighted by Crippen LogP contribution is 2.40. The van der Waals surface area contributed by atoms with E-state index in [0.717, 1.165) is 16.2 Å². The predicted octanol–water partition coefficient (Wildman–Crippen LogP) is 2.84. The number of amides is 2. The minimum absolute atomic E-state index is 0.0202. The van der Waals surface area contributed by atoms with E-state index in [1.807, 2.05) is 55.5 Å². The zero-order valence-electron chi connectivity index (χ0n) is 20.7. The number of hydrogen-bond acceptors (Lipinski definition) is 9. The molecule has 200 valence electrons. The molecule has 3 aromatic rings. The summed E-state index contributed by atoms with van der Waals surface area (Å²) in [6.45, 7) is 2.24. The number of nitrogens with two attached hydrogens (primary N) is 1. The number of aliphatic hydroxyl groups is 1. The van der Waals surface area contributed by atoms with E-state index in [1.165, 1.54) is 26.2 Å². The third-order valence-corrected chi connectivity index (χ3v) is 8.36. The molecule has 3 atom stereocenters. The zero-order chi connectivity index (χ0) is 27.1. The van der Waals surface area contributed by atoms with Crippen LogP contribution in [0.25, 0.3) is 0 Å². The van der Waals surface area contributed by atoms with Crippen molar-refractivity contribution in [2.75, 3.05) is 18.9 Å². The summed E-state index contributed by atoms with van der Waals surface area (Å²) >= 11 is 0. The van der Waals surface area contributed by atoms with Crippen molar-refractivity contribution in [2.45, 2.75) is 47.9 Å². The molecule has 1 fully saturated rings. The summed E-state index contributed by atoms with van der Waals surface area (Å²) in [5.74, 6) is -0.0408. The molecule has 0 spiro atoms. The first-order valence-electron chi connectivity index (χ1n) is 12.1. The van der Waals surface area contributed by atoms with Crippen LogP contribution in [-0.4, -0.2) is 51.8 Å². The van der Waals surface area contributed by atoms with Gasteiger partial charge in [0.1, 0.15) is 12.0 Å². The molecule has 3 heterocycles. The van der Waals surface area contributed by atoms with Crippen LogP contribution in [0.5, 0.6) is 0 Å². The molecular weight excluding hydrogens is 526 g/mol. The number of nitrogens with one attached hydrogen (secondary N) is 2. The highest BCUT2D eigenvalue weighted by molar-refractivity contribution is 8.76. The molecule has 2 aromatic carbocycles. The Morgan fingerprint density at radius 3 is 2.24 bits per heavy atom. The summed E-state index contributed by atoms with van der Waals surface area (Å²) in [5, 5.41) is 14.7. The maximum atomic E-state index is 12.4. The van der Waals surface area contributed by atoms with Gasteiger partial charge in [0.05, 0.1) is 23.8 Å².